The lowest BCUT2D eigenvalue weighted by atomic mass is 9.90. The third-order valence-electron chi connectivity index (χ3n) is 5.86. The van der Waals surface area contributed by atoms with Crippen LogP contribution in [0, 0.1) is 5.41 Å². The van der Waals surface area contributed by atoms with Gasteiger partial charge in [0.25, 0.3) is 0 Å². The molecule has 1 N–H and O–H groups in total. The van der Waals surface area contributed by atoms with E-state index < -0.39 is 11.4 Å². The predicted octanol–water partition coefficient (Wildman–Crippen LogP) is 4.09. The first kappa shape index (κ1) is 21.7. The van der Waals surface area contributed by atoms with Gasteiger partial charge in [0.2, 0.25) is 0 Å². The number of hydrogen-bond acceptors (Lipinski definition) is 5. The minimum absolute atomic E-state index is 0.0184. The van der Waals surface area contributed by atoms with Gasteiger partial charge in [-0.1, -0.05) is 18.5 Å². The molecule has 1 aromatic carbocycles. The highest BCUT2D eigenvalue weighted by Crippen LogP contribution is 2.44. The molecule has 1 atom stereocenters. The second-order valence-corrected chi connectivity index (χ2v) is 10.1. The van der Waals surface area contributed by atoms with Gasteiger partial charge in [0.1, 0.15) is 11.3 Å². The molecule has 0 spiro atoms. The molecule has 1 fully saturated rings. The summed E-state index contributed by atoms with van der Waals surface area (Å²) in [4.78, 5) is 24.1. The van der Waals surface area contributed by atoms with Gasteiger partial charge in [0.15, 0.2) is 5.43 Å². The van der Waals surface area contributed by atoms with E-state index in [4.69, 9.17) is 21.1 Å². The fraction of sp³-hybridized carbons (Fsp3) is 0.478. The maximum atomic E-state index is 12.5. The Balaban J connectivity index is 1.86. The summed E-state index contributed by atoms with van der Waals surface area (Å²) in [7, 11) is 0. The summed E-state index contributed by atoms with van der Waals surface area (Å²) in [5, 5.41) is 12.0. The minimum Gasteiger partial charge on any atom is -0.491 e. The monoisotopic (exact) mass is 446 g/mol. The Morgan fingerprint density at radius 1 is 1.32 bits per heavy atom. The molecule has 2 aliphatic rings. The fourth-order valence-electron chi connectivity index (χ4n) is 4.32. The number of carbonyl (C=O) groups is 1. The van der Waals surface area contributed by atoms with E-state index in [0.29, 0.717) is 36.3 Å². The zero-order chi connectivity index (χ0) is 22.7. The number of fused-ring (bicyclic) bond motifs is 3. The van der Waals surface area contributed by atoms with Crippen molar-refractivity contribution in [2.45, 2.75) is 46.2 Å². The van der Waals surface area contributed by atoms with Crippen LogP contribution in [0.1, 0.15) is 56.6 Å². The molecule has 166 valence electrons. The molecule has 8 heteroatoms. The Morgan fingerprint density at radius 3 is 2.55 bits per heavy atom. The smallest absolute Gasteiger partial charge is 0.341 e. The first-order valence-electron chi connectivity index (χ1n) is 10.3. The summed E-state index contributed by atoms with van der Waals surface area (Å²) >= 11 is 6.56. The minimum atomic E-state index is -1.25. The van der Waals surface area contributed by atoms with Crippen molar-refractivity contribution in [2.75, 3.05) is 24.8 Å². The highest BCUT2D eigenvalue weighted by Gasteiger charge is 2.37. The van der Waals surface area contributed by atoms with Gasteiger partial charge in [0, 0.05) is 28.8 Å². The van der Waals surface area contributed by atoms with E-state index >= 15 is 0 Å². The van der Waals surface area contributed by atoms with Crippen LogP contribution in [-0.2, 0) is 4.74 Å². The Labute approximate surface area is 186 Å². The van der Waals surface area contributed by atoms with E-state index in [-0.39, 0.29) is 22.6 Å². The Morgan fingerprint density at radius 2 is 2.00 bits per heavy atom. The van der Waals surface area contributed by atoms with Crippen molar-refractivity contribution in [1.29, 1.82) is 0 Å². The summed E-state index contributed by atoms with van der Waals surface area (Å²) < 4.78 is 13.1. The van der Waals surface area contributed by atoms with Crippen molar-refractivity contribution < 1.29 is 19.4 Å². The van der Waals surface area contributed by atoms with Gasteiger partial charge in [-0.2, -0.15) is 0 Å². The molecule has 1 saturated heterocycles. The average molecular weight is 447 g/mol. The molecule has 31 heavy (non-hydrogen) atoms. The van der Waals surface area contributed by atoms with Crippen molar-refractivity contribution in [3.63, 3.8) is 0 Å². The molecule has 0 bridgehead atoms. The largest absolute Gasteiger partial charge is 0.491 e. The van der Waals surface area contributed by atoms with E-state index in [1.165, 1.54) is 12.3 Å². The molecule has 2 aliphatic heterocycles. The van der Waals surface area contributed by atoms with Crippen molar-refractivity contribution in [3.8, 4) is 17.0 Å². The number of carboxylic acids is 1. The molecule has 0 radical (unpaired) electrons. The molecule has 0 aliphatic carbocycles. The number of nitrogens with zero attached hydrogens (tertiary/aromatic N) is 2. The second kappa shape index (κ2) is 7.28. The molecule has 0 saturated carbocycles. The highest BCUT2D eigenvalue weighted by atomic mass is 35.5. The lowest BCUT2D eigenvalue weighted by Crippen LogP contribution is -2.53. The van der Waals surface area contributed by atoms with E-state index in [1.54, 1.807) is 10.7 Å². The van der Waals surface area contributed by atoms with Crippen LogP contribution in [0.25, 0.3) is 11.3 Å². The molecule has 4 rings (SSSR count). The molecule has 7 nitrogen and oxygen atoms in total. The van der Waals surface area contributed by atoms with Gasteiger partial charge in [0.05, 0.1) is 36.6 Å². The lowest BCUT2D eigenvalue weighted by molar-refractivity contribution is -0.120. The number of benzene rings is 1. The summed E-state index contributed by atoms with van der Waals surface area (Å²) in [6, 6.07) is 4.99. The number of pyridine rings is 1. The van der Waals surface area contributed by atoms with Gasteiger partial charge < -0.3 is 19.6 Å². The second-order valence-electron chi connectivity index (χ2n) is 9.74. The summed E-state index contributed by atoms with van der Waals surface area (Å²) in [6.07, 6.45) is 1.40. The summed E-state index contributed by atoms with van der Waals surface area (Å²) in [6.45, 7) is 12.1. The normalized spacial score (nSPS) is 19.3. The van der Waals surface area contributed by atoms with Crippen molar-refractivity contribution in [1.82, 2.24) is 4.68 Å². The quantitative estimate of drug-likeness (QED) is 0.761. The molecule has 3 heterocycles. The highest BCUT2D eigenvalue weighted by molar-refractivity contribution is 6.32. The lowest BCUT2D eigenvalue weighted by Gasteiger charge is -2.48. The van der Waals surface area contributed by atoms with Crippen LogP contribution in [0.5, 0.6) is 5.75 Å². The Kier molecular flexibility index (Phi) is 5.10. The molecular formula is C23H27ClN2O5. The third kappa shape index (κ3) is 3.70. The van der Waals surface area contributed by atoms with E-state index in [2.05, 4.69) is 11.9 Å². The van der Waals surface area contributed by atoms with Crippen LogP contribution in [0.3, 0.4) is 0 Å². The Bertz CT molecular complexity index is 1110. The zero-order valence-corrected chi connectivity index (χ0v) is 19.1. The first-order valence-corrected chi connectivity index (χ1v) is 10.6. The van der Waals surface area contributed by atoms with E-state index in [9.17, 15) is 14.7 Å². The van der Waals surface area contributed by atoms with Crippen molar-refractivity contribution >= 4 is 17.6 Å². The SMILES string of the molecule is CC1c2cc(OCC3(C)COC3)c(Cl)cc2-c2cc(=O)c(C(=O)O)cn2N1C(C)(C)C. The van der Waals surface area contributed by atoms with Gasteiger partial charge in [-0.15, -0.1) is 0 Å². The fourth-order valence-corrected chi connectivity index (χ4v) is 4.54. The van der Waals surface area contributed by atoms with Crippen LogP contribution >= 0.6 is 11.6 Å². The van der Waals surface area contributed by atoms with Gasteiger partial charge in [-0.05, 0) is 45.4 Å². The van der Waals surface area contributed by atoms with Crippen molar-refractivity contribution in [3.05, 3.63) is 50.8 Å². The van der Waals surface area contributed by atoms with Crippen LogP contribution in [0.2, 0.25) is 5.02 Å². The number of halogens is 1. The standard InChI is InChI=1S/C23H27ClN2O5/c1-13-14-7-20(31-12-23(5)10-30-11-23)17(24)6-15(14)18-8-19(27)16(21(28)29)9-25(18)26(13)22(2,3)4/h6-9,13H,10-12H2,1-5H3,(H,28,29). The zero-order valence-electron chi connectivity index (χ0n) is 18.4. The topological polar surface area (TPSA) is 81.0 Å². The van der Waals surface area contributed by atoms with Crippen molar-refractivity contribution in [2.24, 2.45) is 5.41 Å². The van der Waals surface area contributed by atoms with Gasteiger partial charge in [-0.25, -0.2) is 4.79 Å². The number of carboxylic acid groups (broad SMARTS) is 1. The van der Waals surface area contributed by atoms with E-state index in [0.717, 1.165) is 11.1 Å². The van der Waals surface area contributed by atoms with Crippen LogP contribution in [0.4, 0.5) is 0 Å². The number of aromatic nitrogens is 1. The van der Waals surface area contributed by atoms with Crippen LogP contribution in [-0.4, -0.2) is 41.1 Å². The third-order valence-corrected chi connectivity index (χ3v) is 6.15. The predicted molar refractivity (Wildman–Crippen MR) is 119 cm³/mol. The number of hydrogen-bond donors (Lipinski definition) is 1. The van der Waals surface area contributed by atoms with E-state index in [1.807, 2.05) is 33.8 Å². The van der Waals surface area contributed by atoms with Gasteiger partial charge >= 0.3 is 5.97 Å². The van der Waals surface area contributed by atoms with Crippen LogP contribution < -0.4 is 15.2 Å². The number of aromatic carboxylic acids is 1. The summed E-state index contributed by atoms with van der Waals surface area (Å²) in [5.41, 5.74) is 1.18. The molecular weight excluding hydrogens is 420 g/mol. The first-order chi connectivity index (χ1) is 14.4. The summed E-state index contributed by atoms with van der Waals surface area (Å²) in [5.74, 6) is -0.657. The maximum absolute atomic E-state index is 12.5. The molecule has 0 amide bonds. The number of rotatable bonds is 4. The molecule has 1 unspecified atom stereocenters. The maximum Gasteiger partial charge on any atom is 0.341 e. The molecule has 1 aromatic heterocycles. The molecule has 2 aromatic rings. The number of ether oxygens (including phenoxy) is 2. The average Bonchev–Trinajstić information content (AvgIpc) is 2.64. The van der Waals surface area contributed by atoms with Crippen LogP contribution in [0.15, 0.2) is 29.2 Å². The van der Waals surface area contributed by atoms with Gasteiger partial charge in [-0.3, -0.25) is 9.47 Å². The Hall–Kier alpha value is -2.51.